The third kappa shape index (κ3) is 1.95. The molecule has 0 bridgehead atoms. The van der Waals surface area contributed by atoms with Crippen LogP contribution in [0.15, 0.2) is 12.3 Å². The lowest BCUT2D eigenvalue weighted by molar-refractivity contribution is 0.0589. The molecule has 6 heteroatoms. The summed E-state index contributed by atoms with van der Waals surface area (Å²) in [5.41, 5.74) is 4.52. The van der Waals surface area contributed by atoms with E-state index in [9.17, 15) is 13.6 Å². The number of nitrogens with zero attached hydrogens (tertiary/aromatic N) is 1. The van der Waals surface area contributed by atoms with Gasteiger partial charge in [-0.2, -0.15) is 0 Å². The van der Waals surface area contributed by atoms with Crippen LogP contribution in [0.2, 0.25) is 0 Å². The van der Waals surface area contributed by atoms with Crippen molar-refractivity contribution < 1.29 is 18.3 Å². The van der Waals surface area contributed by atoms with Gasteiger partial charge in [0.05, 0.1) is 18.2 Å². The Morgan fingerprint density at radius 3 is 2.79 bits per heavy atom. The van der Waals surface area contributed by atoms with E-state index in [4.69, 9.17) is 5.73 Å². The highest BCUT2D eigenvalue weighted by Gasteiger charge is 2.19. The second-order valence-corrected chi connectivity index (χ2v) is 2.49. The van der Waals surface area contributed by atoms with Gasteiger partial charge in [-0.25, -0.2) is 18.6 Å². The Morgan fingerprint density at radius 2 is 2.29 bits per heavy atom. The number of carbonyl (C=O) groups is 1. The molecule has 2 N–H and O–H groups in total. The summed E-state index contributed by atoms with van der Waals surface area (Å²) in [5.74, 6) is -0.857. The third-order valence-electron chi connectivity index (χ3n) is 1.60. The molecule has 0 aliphatic heterocycles. The van der Waals surface area contributed by atoms with Crippen LogP contribution in [0, 0.1) is 0 Å². The molecule has 0 unspecified atom stereocenters. The maximum Gasteiger partial charge on any atom is 0.338 e. The zero-order chi connectivity index (χ0) is 10.7. The van der Waals surface area contributed by atoms with E-state index in [1.54, 1.807) is 0 Å². The maximum absolute atomic E-state index is 12.4. The molecule has 0 saturated heterocycles. The first-order valence-corrected chi connectivity index (χ1v) is 3.68. The van der Waals surface area contributed by atoms with Crippen LogP contribution in [0.25, 0.3) is 0 Å². The number of anilines is 1. The van der Waals surface area contributed by atoms with Gasteiger partial charge in [-0.3, -0.25) is 0 Å². The van der Waals surface area contributed by atoms with Crippen molar-refractivity contribution in [2.75, 3.05) is 12.8 Å². The minimum atomic E-state index is -2.78. The second kappa shape index (κ2) is 3.99. The molecule has 1 aromatic heterocycles. The summed E-state index contributed by atoms with van der Waals surface area (Å²) >= 11 is 0. The average molecular weight is 202 g/mol. The summed E-state index contributed by atoms with van der Waals surface area (Å²) in [6, 6.07) is 1.06. The number of alkyl halides is 2. The van der Waals surface area contributed by atoms with E-state index in [0.717, 1.165) is 19.4 Å². The van der Waals surface area contributed by atoms with Crippen molar-refractivity contribution in [3.8, 4) is 0 Å². The lowest BCUT2D eigenvalue weighted by atomic mass is 10.1. The molecule has 14 heavy (non-hydrogen) atoms. The normalized spacial score (nSPS) is 10.3. The number of hydrogen-bond donors (Lipinski definition) is 1. The first-order chi connectivity index (χ1) is 6.56. The zero-order valence-electron chi connectivity index (χ0n) is 7.33. The Morgan fingerprint density at radius 1 is 1.64 bits per heavy atom. The third-order valence-corrected chi connectivity index (χ3v) is 1.60. The predicted octanol–water partition coefficient (Wildman–Crippen LogP) is 1.39. The van der Waals surface area contributed by atoms with Gasteiger partial charge in [0, 0.05) is 6.20 Å². The second-order valence-electron chi connectivity index (χ2n) is 2.49. The van der Waals surface area contributed by atoms with Gasteiger partial charge in [-0.05, 0) is 6.07 Å². The number of rotatable bonds is 2. The standard InChI is InChI=1S/C8H8F2N2O2/c1-14-8(13)4-2-6(11)12-3-5(4)7(9)10/h2-3,7H,1H3,(H2,11,12). The van der Waals surface area contributed by atoms with Crippen LogP contribution >= 0.6 is 0 Å². The van der Waals surface area contributed by atoms with Crippen molar-refractivity contribution in [2.45, 2.75) is 6.43 Å². The van der Waals surface area contributed by atoms with Crippen LogP contribution in [-0.4, -0.2) is 18.1 Å². The number of nitrogen functional groups attached to an aromatic ring is 1. The van der Waals surface area contributed by atoms with Crippen molar-refractivity contribution in [1.29, 1.82) is 0 Å². The first-order valence-electron chi connectivity index (χ1n) is 3.68. The van der Waals surface area contributed by atoms with Gasteiger partial charge in [0.2, 0.25) is 0 Å². The van der Waals surface area contributed by atoms with Gasteiger partial charge in [0.25, 0.3) is 6.43 Å². The molecule has 0 fully saturated rings. The number of pyridine rings is 1. The minimum absolute atomic E-state index is 0.00481. The highest BCUT2D eigenvalue weighted by atomic mass is 19.3. The van der Waals surface area contributed by atoms with E-state index in [1.165, 1.54) is 0 Å². The quantitative estimate of drug-likeness (QED) is 0.736. The average Bonchev–Trinajstić information content (AvgIpc) is 2.16. The van der Waals surface area contributed by atoms with E-state index >= 15 is 0 Å². The van der Waals surface area contributed by atoms with Crippen molar-refractivity contribution in [3.63, 3.8) is 0 Å². The van der Waals surface area contributed by atoms with Crippen molar-refractivity contribution in [2.24, 2.45) is 0 Å². The molecule has 0 amide bonds. The smallest absolute Gasteiger partial charge is 0.338 e. The van der Waals surface area contributed by atoms with Crippen LogP contribution in [-0.2, 0) is 4.74 Å². The molecule has 0 atom stereocenters. The molecule has 0 saturated carbocycles. The van der Waals surface area contributed by atoms with E-state index in [-0.39, 0.29) is 11.4 Å². The van der Waals surface area contributed by atoms with Gasteiger partial charge < -0.3 is 10.5 Å². The Kier molecular flexibility index (Phi) is 2.95. The molecule has 0 aliphatic rings. The number of aromatic nitrogens is 1. The van der Waals surface area contributed by atoms with Crippen LogP contribution in [0.5, 0.6) is 0 Å². The highest BCUT2D eigenvalue weighted by molar-refractivity contribution is 5.91. The number of esters is 1. The number of ether oxygens (including phenoxy) is 1. The molecule has 0 aliphatic carbocycles. The summed E-state index contributed by atoms with van der Waals surface area (Å²) in [4.78, 5) is 14.5. The van der Waals surface area contributed by atoms with E-state index in [1.807, 2.05) is 0 Å². The molecule has 1 heterocycles. The molecule has 1 aromatic rings. The van der Waals surface area contributed by atoms with Crippen LogP contribution in [0.3, 0.4) is 0 Å². The van der Waals surface area contributed by atoms with Crippen LogP contribution < -0.4 is 5.73 Å². The monoisotopic (exact) mass is 202 g/mol. The number of carbonyl (C=O) groups excluding carboxylic acids is 1. The Hall–Kier alpha value is -1.72. The Labute approximate surface area is 78.7 Å². The lowest BCUT2D eigenvalue weighted by Gasteiger charge is -2.06. The highest BCUT2D eigenvalue weighted by Crippen LogP contribution is 2.23. The molecular weight excluding hydrogens is 194 g/mol. The van der Waals surface area contributed by atoms with Crippen molar-refractivity contribution >= 4 is 11.8 Å². The maximum atomic E-state index is 12.4. The van der Waals surface area contributed by atoms with Crippen molar-refractivity contribution in [1.82, 2.24) is 4.98 Å². The van der Waals surface area contributed by atoms with Crippen LogP contribution in [0.1, 0.15) is 22.3 Å². The number of nitrogens with two attached hydrogens (primary N) is 1. The fourth-order valence-corrected chi connectivity index (χ4v) is 0.943. The van der Waals surface area contributed by atoms with Crippen molar-refractivity contribution in [3.05, 3.63) is 23.4 Å². The molecular formula is C8H8F2N2O2. The topological polar surface area (TPSA) is 65.2 Å². The molecule has 76 valence electrons. The number of halogens is 2. The van der Waals surface area contributed by atoms with Crippen LogP contribution in [0.4, 0.5) is 14.6 Å². The van der Waals surface area contributed by atoms with E-state index in [2.05, 4.69) is 9.72 Å². The van der Waals surface area contributed by atoms with Gasteiger partial charge >= 0.3 is 5.97 Å². The SMILES string of the molecule is COC(=O)c1cc(N)ncc1C(F)F. The molecule has 4 nitrogen and oxygen atoms in total. The molecule has 0 spiro atoms. The van der Waals surface area contributed by atoms with Gasteiger partial charge in [-0.1, -0.05) is 0 Å². The Bertz CT molecular complexity index is 355. The summed E-state index contributed by atoms with van der Waals surface area (Å²) in [5, 5.41) is 0. The van der Waals surface area contributed by atoms with E-state index in [0.29, 0.717) is 0 Å². The summed E-state index contributed by atoms with van der Waals surface area (Å²) in [7, 11) is 1.11. The molecule has 1 rings (SSSR count). The summed E-state index contributed by atoms with van der Waals surface area (Å²) in [6.45, 7) is 0. The largest absolute Gasteiger partial charge is 0.465 e. The zero-order valence-corrected chi connectivity index (χ0v) is 7.33. The minimum Gasteiger partial charge on any atom is -0.465 e. The number of methoxy groups -OCH3 is 1. The van der Waals surface area contributed by atoms with Gasteiger partial charge in [0.1, 0.15) is 5.82 Å². The fourth-order valence-electron chi connectivity index (χ4n) is 0.943. The number of hydrogen-bond acceptors (Lipinski definition) is 4. The van der Waals surface area contributed by atoms with Gasteiger partial charge in [0.15, 0.2) is 0 Å². The summed E-state index contributed by atoms with van der Waals surface area (Å²) in [6.07, 6.45) is -1.91. The summed E-state index contributed by atoms with van der Waals surface area (Å²) < 4.78 is 29.1. The molecule has 0 radical (unpaired) electrons. The van der Waals surface area contributed by atoms with E-state index < -0.39 is 18.0 Å². The Balaban J connectivity index is 3.22. The first kappa shape index (κ1) is 10.4. The molecule has 0 aromatic carbocycles. The van der Waals surface area contributed by atoms with Gasteiger partial charge in [-0.15, -0.1) is 0 Å². The predicted molar refractivity (Wildman–Crippen MR) is 44.9 cm³/mol. The lowest BCUT2D eigenvalue weighted by Crippen LogP contribution is -2.08. The fraction of sp³-hybridized carbons (Fsp3) is 0.250.